The number of nitrogens with one attached hydrogen (secondary N) is 2. The first-order chi connectivity index (χ1) is 12.8. The van der Waals surface area contributed by atoms with Crippen molar-refractivity contribution in [2.45, 2.75) is 25.9 Å². The zero-order valence-corrected chi connectivity index (χ0v) is 19.6. The predicted molar refractivity (Wildman–Crippen MR) is 131 cm³/mol. The molecule has 0 radical (unpaired) electrons. The van der Waals surface area contributed by atoms with E-state index in [1.165, 1.54) is 11.3 Å². The maximum Gasteiger partial charge on any atom is 0.0737 e. The summed E-state index contributed by atoms with van der Waals surface area (Å²) in [4.78, 5) is 6.51. The van der Waals surface area contributed by atoms with Gasteiger partial charge in [0.25, 0.3) is 0 Å². The Kier molecular flexibility index (Phi) is 9.50. The van der Waals surface area contributed by atoms with Gasteiger partial charge in [0.15, 0.2) is 0 Å². The minimum Gasteiger partial charge on any atom is -0.383 e. The molecular weight excluding hydrogens is 427 g/mol. The van der Waals surface area contributed by atoms with Crippen molar-refractivity contribution in [1.82, 2.24) is 10.3 Å². The average molecular weight is 456 g/mol. The summed E-state index contributed by atoms with van der Waals surface area (Å²) in [5.74, 6) is 0. The number of nitrogens with zero attached hydrogens (tertiary/aromatic N) is 2. The summed E-state index contributed by atoms with van der Waals surface area (Å²) in [6.07, 6.45) is 1.81. The van der Waals surface area contributed by atoms with Gasteiger partial charge in [-0.1, -0.05) is 23.7 Å². The first-order valence-corrected chi connectivity index (χ1v) is 9.51. The lowest BCUT2D eigenvalue weighted by atomic mass is 10.0. The number of benzene rings is 2. The van der Waals surface area contributed by atoms with Crippen LogP contribution in [0.1, 0.15) is 19.4 Å². The van der Waals surface area contributed by atoms with Crippen molar-refractivity contribution in [2.75, 3.05) is 30.9 Å². The van der Waals surface area contributed by atoms with Crippen molar-refractivity contribution >= 4 is 58.7 Å². The largest absolute Gasteiger partial charge is 0.383 e. The molecule has 3 aromatic rings. The van der Waals surface area contributed by atoms with E-state index < -0.39 is 0 Å². The Balaban J connectivity index is 0.00000210. The fraction of sp³-hybridized carbons (Fsp3) is 0.318. The number of hydrogen-bond donors (Lipinski definition) is 2. The molecule has 1 aromatic heterocycles. The van der Waals surface area contributed by atoms with Crippen LogP contribution < -0.4 is 15.5 Å². The van der Waals surface area contributed by atoms with Crippen LogP contribution in [0.15, 0.2) is 54.7 Å². The lowest BCUT2D eigenvalue weighted by Gasteiger charge is -2.28. The highest BCUT2D eigenvalue weighted by Gasteiger charge is 2.17. The molecule has 0 saturated heterocycles. The highest BCUT2D eigenvalue weighted by molar-refractivity contribution is 6.31. The van der Waals surface area contributed by atoms with Crippen LogP contribution in [0.3, 0.4) is 0 Å². The molecule has 0 bridgehead atoms. The summed E-state index contributed by atoms with van der Waals surface area (Å²) in [7, 11) is 4.11. The van der Waals surface area contributed by atoms with E-state index in [0.29, 0.717) is 5.02 Å². The van der Waals surface area contributed by atoms with Gasteiger partial charge in [-0.2, -0.15) is 0 Å². The van der Waals surface area contributed by atoms with E-state index in [1.54, 1.807) is 0 Å². The van der Waals surface area contributed by atoms with E-state index in [4.69, 9.17) is 11.6 Å². The lowest BCUT2D eigenvalue weighted by Crippen LogP contribution is -2.44. The molecule has 0 spiro atoms. The van der Waals surface area contributed by atoms with Crippen LogP contribution in [-0.2, 0) is 6.54 Å². The Labute approximate surface area is 190 Å². The Hall–Kier alpha value is -1.72. The molecule has 0 amide bonds. The Morgan fingerprint density at radius 3 is 2.34 bits per heavy atom. The van der Waals surface area contributed by atoms with Crippen LogP contribution in [0.25, 0.3) is 10.9 Å². The van der Waals surface area contributed by atoms with E-state index in [9.17, 15) is 0 Å². The summed E-state index contributed by atoms with van der Waals surface area (Å²) in [5.41, 5.74) is 4.39. The van der Waals surface area contributed by atoms with Crippen LogP contribution in [0.4, 0.5) is 11.4 Å². The fourth-order valence-corrected chi connectivity index (χ4v) is 3.07. The third-order valence-electron chi connectivity index (χ3n) is 4.65. The quantitative estimate of drug-likeness (QED) is 0.474. The molecule has 2 aromatic carbocycles. The maximum atomic E-state index is 6.07. The van der Waals surface area contributed by atoms with Gasteiger partial charge >= 0.3 is 0 Å². The zero-order chi connectivity index (χ0) is 19.4. The van der Waals surface area contributed by atoms with Gasteiger partial charge < -0.3 is 15.5 Å². The summed E-state index contributed by atoms with van der Waals surface area (Å²) >= 11 is 6.07. The predicted octanol–water partition coefficient (Wildman–Crippen LogP) is 5.78. The van der Waals surface area contributed by atoms with E-state index in [2.05, 4.69) is 72.7 Å². The number of aromatic nitrogens is 1. The van der Waals surface area contributed by atoms with E-state index >= 15 is 0 Å². The van der Waals surface area contributed by atoms with Gasteiger partial charge in [-0.3, -0.25) is 4.98 Å². The Morgan fingerprint density at radius 2 is 1.69 bits per heavy atom. The normalized spacial score (nSPS) is 10.8. The molecule has 4 nitrogen and oxygen atoms in total. The van der Waals surface area contributed by atoms with Crippen molar-refractivity contribution in [3.05, 3.63) is 65.3 Å². The van der Waals surface area contributed by atoms with Gasteiger partial charge in [-0.15, -0.1) is 24.8 Å². The minimum absolute atomic E-state index is 0. The second kappa shape index (κ2) is 10.9. The van der Waals surface area contributed by atoms with E-state index in [-0.39, 0.29) is 30.4 Å². The summed E-state index contributed by atoms with van der Waals surface area (Å²) in [6, 6.07) is 16.5. The second-order valence-corrected chi connectivity index (χ2v) is 8.11. The highest BCUT2D eigenvalue weighted by Crippen LogP contribution is 2.24. The van der Waals surface area contributed by atoms with Crippen LogP contribution in [-0.4, -0.2) is 31.2 Å². The molecule has 0 aliphatic rings. The Bertz CT molecular complexity index is 912. The molecule has 0 aliphatic heterocycles. The molecule has 2 N–H and O–H groups in total. The fourth-order valence-electron chi connectivity index (χ4n) is 2.91. The SMILES string of the molecule is CN(C)c1ccc(CNC(C)(C)CNc2ccnc3cc(Cl)ccc23)cc1.Cl.Cl. The van der Waals surface area contributed by atoms with Crippen LogP contribution >= 0.6 is 36.4 Å². The van der Waals surface area contributed by atoms with E-state index in [1.807, 2.05) is 30.5 Å². The molecule has 29 heavy (non-hydrogen) atoms. The van der Waals surface area contributed by atoms with Gasteiger partial charge in [-0.05, 0) is 55.8 Å². The highest BCUT2D eigenvalue weighted by atomic mass is 35.5. The van der Waals surface area contributed by atoms with Crippen molar-refractivity contribution in [3.63, 3.8) is 0 Å². The van der Waals surface area contributed by atoms with Crippen molar-refractivity contribution in [3.8, 4) is 0 Å². The Morgan fingerprint density at radius 1 is 1.00 bits per heavy atom. The molecule has 0 unspecified atom stereocenters. The number of halogens is 3. The van der Waals surface area contributed by atoms with Gasteiger partial charge in [0.2, 0.25) is 0 Å². The van der Waals surface area contributed by atoms with Gasteiger partial charge in [0, 0.05) is 60.7 Å². The van der Waals surface area contributed by atoms with Gasteiger partial charge in [-0.25, -0.2) is 0 Å². The smallest absolute Gasteiger partial charge is 0.0737 e. The van der Waals surface area contributed by atoms with Crippen LogP contribution in [0.2, 0.25) is 5.02 Å². The molecule has 1 heterocycles. The standard InChI is InChI=1S/C22H27ClN4.2ClH/c1-22(2,26-14-16-5-8-18(9-6-16)27(3)4)15-25-20-11-12-24-21-13-17(23)7-10-19(20)21;;/h5-13,26H,14-15H2,1-4H3,(H,24,25);2*1H. The molecule has 7 heteroatoms. The third kappa shape index (κ3) is 6.93. The summed E-state index contributed by atoms with van der Waals surface area (Å²) in [6.45, 7) is 6.03. The topological polar surface area (TPSA) is 40.2 Å². The number of pyridine rings is 1. The molecule has 0 saturated carbocycles. The first-order valence-electron chi connectivity index (χ1n) is 9.13. The van der Waals surface area contributed by atoms with Crippen LogP contribution in [0, 0.1) is 0 Å². The molecular formula is C22H29Cl3N4. The minimum atomic E-state index is -0.0672. The monoisotopic (exact) mass is 454 g/mol. The average Bonchev–Trinajstić information content (AvgIpc) is 2.65. The second-order valence-electron chi connectivity index (χ2n) is 7.67. The zero-order valence-electron chi connectivity index (χ0n) is 17.2. The first kappa shape index (κ1) is 25.3. The number of rotatable bonds is 7. The lowest BCUT2D eigenvalue weighted by molar-refractivity contribution is 0.407. The van der Waals surface area contributed by atoms with Crippen LogP contribution in [0.5, 0.6) is 0 Å². The van der Waals surface area contributed by atoms with Crippen molar-refractivity contribution in [1.29, 1.82) is 0 Å². The van der Waals surface area contributed by atoms with Gasteiger partial charge in [0.05, 0.1) is 5.52 Å². The van der Waals surface area contributed by atoms with Crippen molar-refractivity contribution < 1.29 is 0 Å². The number of fused-ring (bicyclic) bond motifs is 1. The molecule has 0 atom stereocenters. The summed E-state index contributed by atoms with van der Waals surface area (Å²) < 4.78 is 0. The molecule has 158 valence electrons. The van der Waals surface area contributed by atoms with Gasteiger partial charge in [0.1, 0.15) is 0 Å². The van der Waals surface area contributed by atoms with Crippen molar-refractivity contribution in [2.24, 2.45) is 0 Å². The molecule has 3 rings (SSSR count). The third-order valence-corrected chi connectivity index (χ3v) is 4.88. The number of hydrogen-bond acceptors (Lipinski definition) is 4. The summed E-state index contributed by atoms with van der Waals surface area (Å²) in [5, 5.41) is 8.98. The maximum absolute atomic E-state index is 6.07. The van der Waals surface area contributed by atoms with E-state index in [0.717, 1.165) is 29.7 Å². The molecule has 0 aliphatic carbocycles. The number of anilines is 2. The molecule has 0 fully saturated rings.